The van der Waals surface area contributed by atoms with Crippen LogP contribution in [0.4, 0.5) is 4.39 Å². The SMILES string of the molecule is CN=C(NCCS(=O)(=O)c1ccccc1F)NC(C)Cc1c(C)nn(C)c1C. The smallest absolute Gasteiger partial charge is 0.191 e. The summed E-state index contributed by atoms with van der Waals surface area (Å²) in [6.45, 7) is 6.15. The molecule has 2 aromatic rings. The van der Waals surface area contributed by atoms with Gasteiger partial charge in [-0.25, -0.2) is 12.8 Å². The highest BCUT2D eigenvalue weighted by molar-refractivity contribution is 7.91. The predicted molar refractivity (Wildman–Crippen MR) is 109 cm³/mol. The quantitative estimate of drug-likeness (QED) is 0.537. The average Bonchev–Trinajstić information content (AvgIpc) is 2.87. The molecule has 1 aromatic heterocycles. The van der Waals surface area contributed by atoms with Crippen LogP contribution in [-0.2, 0) is 23.3 Å². The molecule has 0 spiro atoms. The van der Waals surface area contributed by atoms with Gasteiger partial charge in [-0.05, 0) is 44.9 Å². The fraction of sp³-hybridized carbons (Fsp3) is 0.474. The number of hydrogen-bond donors (Lipinski definition) is 2. The number of guanidine groups is 1. The lowest BCUT2D eigenvalue weighted by Crippen LogP contribution is -2.44. The topological polar surface area (TPSA) is 88.4 Å². The van der Waals surface area contributed by atoms with Crippen LogP contribution >= 0.6 is 0 Å². The van der Waals surface area contributed by atoms with Crippen molar-refractivity contribution in [2.45, 2.75) is 38.1 Å². The van der Waals surface area contributed by atoms with E-state index in [2.05, 4.69) is 20.7 Å². The molecule has 0 fully saturated rings. The lowest BCUT2D eigenvalue weighted by molar-refractivity contribution is 0.566. The van der Waals surface area contributed by atoms with E-state index in [1.54, 1.807) is 7.05 Å². The Morgan fingerprint density at radius 2 is 2.00 bits per heavy atom. The molecular weight excluding hydrogens is 381 g/mol. The molecule has 0 aliphatic rings. The number of halogens is 1. The fourth-order valence-electron chi connectivity index (χ4n) is 3.01. The number of aliphatic imine (C=N–C) groups is 1. The first kappa shape index (κ1) is 21.9. The van der Waals surface area contributed by atoms with Gasteiger partial charge in [0.25, 0.3) is 0 Å². The highest BCUT2D eigenvalue weighted by Gasteiger charge is 2.19. The number of aromatic nitrogens is 2. The second-order valence-corrected chi connectivity index (χ2v) is 8.85. The molecule has 1 heterocycles. The second kappa shape index (κ2) is 9.18. The first-order valence-electron chi connectivity index (χ1n) is 9.09. The van der Waals surface area contributed by atoms with E-state index < -0.39 is 15.7 Å². The van der Waals surface area contributed by atoms with Crippen LogP contribution in [0.1, 0.15) is 23.9 Å². The van der Waals surface area contributed by atoms with Gasteiger partial charge in [0.1, 0.15) is 10.7 Å². The van der Waals surface area contributed by atoms with Gasteiger partial charge < -0.3 is 10.6 Å². The molecule has 0 aliphatic carbocycles. The maximum absolute atomic E-state index is 13.7. The maximum Gasteiger partial charge on any atom is 0.191 e. The number of nitrogens with one attached hydrogen (secondary N) is 2. The molecule has 1 unspecified atom stereocenters. The van der Waals surface area contributed by atoms with E-state index in [9.17, 15) is 12.8 Å². The maximum atomic E-state index is 13.7. The van der Waals surface area contributed by atoms with Gasteiger partial charge >= 0.3 is 0 Å². The number of nitrogens with zero attached hydrogens (tertiary/aromatic N) is 3. The molecule has 0 aliphatic heterocycles. The zero-order valence-electron chi connectivity index (χ0n) is 17.0. The van der Waals surface area contributed by atoms with Crippen LogP contribution in [0.3, 0.4) is 0 Å². The van der Waals surface area contributed by atoms with E-state index in [4.69, 9.17) is 0 Å². The minimum Gasteiger partial charge on any atom is -0.355 e. The van der Waals surface area contributed by atoms with Crippen molar-refractivity contribution in [3.63, 3.8) is 0 Å². The van der Waals surface area contributed by atoms with Crippen LogP contribution < -0.4 is 10.6 Å². The molecule has 0 saturated carbocycles. The number of sulfone groups is 1. The molecule has 7 nitrogen and oxygen atoms in total. The molecule has 0 radical (unpaired) electrons. The molecule has 0 bridgehead atoms. The number of hydrogen-bond acceptors (Lipinski definition) is 4. The Labute approximate surface area is 166 Å². The van der Waals surface area contributed by atoms with E-state index in [0.717, 1.165) is 23.9 Å². The second-order valence-electron chi connectivity index (χ2n) is 6.77. The fourth-order valence-corrected chi connectivity index (χ4v) is 4.25. The Morgan fingerprint density at radius 1 is 1.32 bits per heavy atom. The van der Waals surface area contributed by atoms with E-state index in [0.29, 0.717) is 5.96 Å². The minimum atomic E-state index is -3.71. The van der Waals surface area contributed by atoms with Crippen molar-refractivity contribution in [2.24, 2.45) is 12.0 Å². The van der Waals surface area contributed by atoms with E-state index in [1.165, 1.54) is 23.8 Å². The summed E-state index contributed by atoms with van der Waals surface area (Å²) in [7, 11) is -0.176. The van der Waals surface area contributed by atoms with Crippen LogP contribution in [0.5, 0.6) is 0 Å². The zero-order chi connectivity index (χ0) is 20.9. The van der Waals surface area contributed by atoms with Gasteiger partial charge in [-0.2, -0.15) is 5.10 Å². The molecule has 1 atom stereocenters. The van der Waals surface area contributed by atoms with Gasteiger partial charge in [0.15, 0.2) is 15.8 Å². The van der Waals surface area contributed by atoms with Gasteiger partial charge in [-0.1, -0.05) is 12.1 Å². The molecule has 0 amide bonds. The Balaban J connectivity index is 1.91. The monoisotopic (exact) mass is 409 g/mol. The van der Waals surface area contributed by atoms with Crippen LogP contribution in [0, 0.1) is 19.7 Å². The summed E-state index contributed by atoms with van der Waals surface area (Å²) in [5, 5.41) is 10.7. The van der Waals surface area contributed by atoms with Crippen molar-refractivity contribution >= 4 is 15.8 Å². The standard InChI is InChI=1S/C19H28FN5O2S/c1-13(12-16-14(2)24-25(5)15(16)3)23-19(21-4)22-10-11-28(26,27)18-9-7-6-8-17(18)20/h6-9,13H,10-12H2,1-5H3,(H2,21,22,23). The highest BCUT2D eigenvalue weighted by Crippen LogP contribution is 2.15. The number of aryl methyl sites for hydroxylation is 2. The summed E-state index contributed by atoms with van der Waals surface area (Å²) in [4.78, 5) is 3.85. The van der Waals surface area contributed by atoms with Crippen molar-refractivity contribution in [3.8, 4) is 0 Å². The van der Waals surface area contributed by atoms with Crippen molar-refractivity contribution in [1.82, 2.24) is 20.4 Å². The lowest BCUT2D eigenvalue weighted by atomic mass is 10.1. The molecular formula is C19H28FN5O2S. The third kappa shape index (κ3) is 5.31. The van der Waals surface area contributed by atoms with Gasteiger partial charge in [0.2, 0.25) is 0 Å². The Bertz CT molecular complexity index is 953. The van der Waals surface area contributed by atoms with E-state index in [-0.39, 0.29) is 23.2 Å². The summed E-state index contributed by atoms with van der Waals surface area (Å²) in [6.07, 6.45) is 0.764. The first-order valence-corrected chi connectivity index (χ1v) is 10.7. The van der Waals surface area contributed by atoms with Gasteiger partial charge in [-0.15, -0.1) is 0 Å². The van der Waals surface area contributed by atoms with Crippen molar-refractivity contribution in [2.75, 3.05) is 19.3 Å². The summed E-state index contributed by atoms with van der Waals surface area (Å²) in [5.74, 6) is -0.472. The molecule has 154 valence electrons. The van der Waals surface area contributed by atoms with Crippen LogP contribution in [0.2, 0.25) is 0 Å². The zero-order valence-corrected chi connectivity index (χ0v) is 17.8. The Hall–Kier alpha value is -2.42. The minimum absolute atomic E-state index is 0.0657. The molecule has 2 N–H and O–H groups in total. The van der Waals surface area contributed by atoms with Gasteiger partial charge in [-0.3, -0.25) is 9.67 Å². The van der Waals surface area contributed by atoms with E-state index >= 15 is 0 Å². The lowest BCUT2D eigenvalue weighted by Gasteiger charge is -2.18. The summed E-state index contributed by atoms with van der Waals surface area (Å²) in [5.41, 5.74) is 3.29. The molecule has 2 rings (SSSR count). The molecule has 1 aromatic carbocycles. The number of benzene rings is 1. The van der Waals surface area contributed by atoms with Gasteiger partial charge in [0.05, 0.1) is 11.4 Å². The third-order valence-electron chi connectivity index (χ3n) is 4.61. The molecule has 9 heteroatoms. The molecule has 28 heavy (non-hydrogen) atoms. The highest BCUT2D eigenvalue weighted by atomic mass is 32.2. The summed E-state index contributed by atoms with van der Waals surface area (Å²) < 4.78 is 40.2. The van der Waals surface area contributed by atoms with E-state index in [1.807, 2.05) is 32.5 Å². The third-order valence-corrected chi connectivity index (χ3v) is 6.35. The Morgan fingerprint density at radius 3 is 2.57 bits per heavy atom. The van der Waals surface area contributed by atoms with Crippen LogP contribution in [0.15, 0.2) is 34.2 Å². The van der Waals surface area contributed by atoms with Crippen molar-refractivity contribution in [3.05, 3.63) is 47.0 Å². The average molecular weight is 410 g/mol. The van der Waals surface area contributed by atoms with Crippen molar-refractivity contribution in [1.29, 1.82) is 0 Å². The largest absolute Gasteiger partial charge is 0.355 e. The predicted octanol–water partition coefficient (Wildman–Crippen LogP) is 1.75. The van der Waals surface area contributed by atoms with Crippen molar-refractivity contribution < 1.29 is 12.8 Å². The number of rotatable bonds is 7. The molecule has 0 saturated heterocycles. The van der Waals surface area contributed by atoms with Crippen LogP contribution in [0.25, 0.3) is 0 Å². The first-order chi connectivity index (χ1) is 13.2. The Kier molecular flexibility index (Phi) is 7.17. The summed E-state index contributed by atoms with van der Waals surface area (Å²) >= 11 is 0. The van der Waals surface area contributed by atoms with Gasteiger partial charge in [0, 0.05) is 32.4 Å². The normalized spacial score (nSPS) is 13.4. The summed E-state index contributed by atoms with van der Waals surface area (Å²) in [6, 6.07) is 5.46. The van der Waals surface area contributed by atoms with Crippen LogP contribution in [-0.4, -0.2) is 49.5 Å².